The zero-order valence-electron chi connectivity index (χ0n) is 9.36. The third-order valence-corrected chi connectivity index (χ3v) is 2.64. The van der Waals surface area contributed by atoms with Crippen LogP contribution in [0.25, 0.3) is 0 Å². The van der Waals surface area contributed by atoms with Crippen molar-refractivity contribution in [3.63, 3.8) is 0 Å². The highest BCUT2D eigenvalue weighted by Gasteiger charge is 2.01. The van der Waals surface area contributed by atoms with E-state index in [1.54, 1.807) is 0 Å². The van der Waals surface area contributed by atoms with Crippen molar-refractivity contribution < 1.29 is 4.74 Å². The van der Waals surface area contributed by atoms with Crippen LogP contribution < -0.4 is 4.74 Å². The Hall–Kier alpha value is -0.890. The van der Waals surface area contributed by atoms with E-state index in [1.165, 1.54) is 5.56 Å². The summed E-state index contributed by atoms with van der Waals surface area (Å²) in [5.74, 6) is 2.11. The minimum Gasteiger partial charge on any atom is -0.489 e. The number of ether oxygens (including phenoxy) is 1. The first-order valence-corrected chi connectivity index (χ1v) is 5.77. The van der Waals surface area contributed by atoms with Crippen LogP contribution in [-0.4, -0.2) is 12.4 Å². The Balaban J connectivity index is 2.61. The van der Waals surface area contributed by atoms with E-state index >= 15 is 0 Å². The summed E-state index contributed by atoms with van der Waals surface area (Å²) >= 11 is 4.14. The molecule has 0 aromatic heterocycles. The summed E-state index contributed by atoms with van der Waals surface area (Å²) in [5, 5.41) is 0. The van der Waals surface area contributed by atoms with Crippen LogP contribution in [0.3, 0.4) is 0 Å². The number of thiol groups is 1. The summed E-state index contributed by atoms with van der Waals surface area (Å²) in [6, 6.07) is 8.19. The van der Waals surface area contributed by atoms with Crippen molar-refractivity contribution in [2.24, 2.45) is 0 Å². The molecule has 0 fully saturated rings. The fourth-order valence-electron chi connectivity index (χ4n) is 1.19. The number of rotatable bonds is 5. The van der Waals surface area contributed by atoms with Gasteiger partial charge in [-0.2, -0.15) is 12.6 Å². The molecule has 0 unspecified atom stereocenters. The summed E-state index contributed by atoms with van der Waals surface area (Å²) in [7, 11) is 0. The van der Waals surface area contributed by atoms with Gasteiger partial charge < -0.3 is 4.74 Å². The molecular weight excluding hydrogens is 204 g/mol. The second kappa shape index (κ2) is 5.86. The van der Waals surface area contributed by atoms with Crippen LogP contribution in [0.1, 0.15) is 25.3 Å². The minimum atomic E-state index is 0.529. The fourth-order valence-corrected chi connectivity index (χ4v) is 1.29. The molecule has 0 bridgehead atoms. The fraction of sp³-hybridized carbons (Fsp3) is 0.385. The molecule has 0 N–H and O–H groups in total. The van der Waals surface area contributed by atoms with Gasteiger partial charge in [-0.25, -0.2) is 0 Å². The van der Waals surface area contributed by atoms with Crippen LogP contribution in [0.4, 0.5) is 0 Å². The van der Waals surface area contributed by atoms with E-state index in [-0.39, 0.29) is 0 Å². The lowest BCUT2D eigenvalue weighted by molar-refractivity contribution is 0.353. The second-order valence-electron chi connectivity index (χ2n) is 3.92. The van der Waals surface area contributed by atoms with E-state index in [9.17, 15) is 0 Å². The molecule has 1 rings (SSSR count). The summed E-state index contributed by atoms with van der Waals surface area (Å²) in [4.78, 5) is 0. The van der Waals surface area contributed by atoms with Gasteiger partial charge in [0.2, 0.25) is 0 Å². The molecule has 1 nitrogen and oxygen atoms in total. The van der Waals surface area contributed by atoms with Gasteiger partial charge in [0.05, 0.1) is 0 Å². The van der Waals surface area contributed by atoms with Gasteiger partial charge in [-0.15, -0.1) is 0 Å². The first-order valence-electron chi connectivity index (χ1n) is 5.13. The highest BCUT2D eigenvalue weighted by atomic mass is 32.1. The van der Waals surface area contributed by atoms with Gasteiger partial charge in [-0.05, 0) is 29.2 Å². The Kier molecular flexibility index (Phi) is 4.76. The van der Waals surface area contributed by atoms with Crippen molar-refractivity contribution in [2.45, 2.75) is 19.8 Å². The van der Waals surface area contributed by atoms with Gasteiger partial charge in [0, 0.05) is 5.75 Å². The van der Waals surface area contributed by atoms with E-state index in [1.807, 2.05) is 12.1 Å². The van der Waals surface area contributed by atoms with Crippen LogP contribution >= 0.6 is 12.6 Å². The Morgan fingerprint density at radius 1 is 1.47 bits per heavy atom. The molecule has 1 aromatic rings. The third kappa shape index (κ3) is 4.00. The van der Waals surface area contributed by atoms with E-state index in [0.29, 0.717) is 18.3 Å². The lowest BCUT2D eigenvalue weighted by atomic mass is 10.0. The lowest BCUT2D eigenvalue weighted by Gasteiger charge is -2.10. The molecule has 82 valence electrons. The first kappa shape index (κ1) is 12.2. The van der Waals surface area contributed by atoms with Gasteiger partial charge in [0.1, 0.15) is 12.4 Å². The molecule has 0 amide bonds. The van der Waals surface area contributed by atoms with Crippen molar-refractivity contribution in [3.8, 4) is 5.75 Å². The molecule has 0 saturated carbocycles. The number of benzene rings is 1. The van der Waals surface area contributed by atoms with Crippen molar-refractivity contribution >= 4 is 12.6 Å². The molecule has 15 heavy (non-hydrogen) atoms. The molecule has 0 heterocycles. The number of hydrogen-bond donors (Lipinski definition) is 1. The van der Waals surface area contributed by atoms with E-state index in [0.717, 1.165) is 11.3 Å². The molecule has 0 atom stereocenters. The van der Waals surface area contributed by atoms with Crippen LogP contribution in [0.5, 0.6) is 5.75 Å². The lowest BCUT2D eigenvalue weighted by Crippen LogP contribution is -2.01. The monoisotopic (exact) mass is 222 g/mol. The topological polar surface area (TPSA) is 9.23 Å². The highest BCUT2D eigenvalue weighted by Crippen LogP contribution is 2.20. The zero-order valence-corrected chi connectivity index (χ0v) is 10.3. The van der Waals surface area contributed by atoms with E-state index in [2.05, 4.69) is 45.2 Å². The Morgan fingerprint density at radius 3 is 2.80 bits per heavy atom. The standard InChI is InChI=1S/C13H18OS/c1-10(2)12-5-4-6-13(7-12)14-8-11(3)9-15/h4-7,10,15H,3,8-9H2,1-2H3. The van der Waals surface area contributed by atoms with Gasteiger partial charge in [0.25, 0.3) is 0 Å². The van der Waals surface area contributed by atoms with Crippen molar-refractivity contribution in [2.75, 3.05) is 12.4 Å². The van der Waals surface area contributed by atoms with E-state index in [4.69, 9.17) is 4.74 Å². The van der Waals surface area contributed by atoms with Gasteiger partial charge in [0.15, 0.2) is 0 Å². The SMILES string of the molecule is C=C(CS)COc1cccc(C(C)C)c1. The largest absolute Gasteiger partial charge is 0.489 e. The van der Waals surface area contributed by atoms with Crippen molar-refractivity contribution in [1.29, 1.82) is 0 Å². The average Bonchev–Trinajstić information content (AvgIpc) is 2.26. The Bertz CT molecular complexity index is 331. The minimum absolute atomic E-state index is 0.529. The smallest absolute Gasteiger partial charge is 0.120 e. The second-order valence-corrected chi connectivity index (χ2v) is 4.24. The van der Waals surface area contributed by atoms with Gasteiger partial charge in [-0.1, -0.05) is 32.6 Å². The first-order chi connectivity index (χ1) is 7.13. The highest BCUT2D eigenvalue weighted by molar-refractivity contribution is 7.80. The summed E-state index contributed by atoms with van der Waals surface area (Å²) < 4.78 is 5.60. The van der Waals surface area contributed by atoms with Crippen LogP contribution in [0.2, 0.25) is 0 Å². The Morgan fingerprint density at radius 2 is 2.20 bits per heavy atom. The van der Waals surface area contributed by atoms with Crippen LogP contribution in [-0.2, 0) is 0 Å². The predicted molar refractivity (Wildman–Crippen MR) is 69.0 cm³/mol. The maximum Gasteiger partial charge on any atom is 0.120 e. The molecular formula is C13H18OS. The summed E-state index contributed by atoms with van der Waals surface area (Å²) in [6.45, 7) is 8.74. The molecule has 2 heteroatoms. The normalized spacial score (nSPS) is 10.4. The maximum atomic E-state index is 5.60. The molecule has 0 spiro atoms. The van der Waals surface area contributed by atoms with E-state index < -0.39 is 0 Å². The predicted octanol–water partition coefficient (Wildman–Crippen LogP) is 3.67. The third-order valence-electron chi connectivity index (χ3n) is 2.19. The summed E-state index contributed by atoms with van der Waals surface area (Å²) in [6.07, 6.45) is 0. The molecule has 0 radical (unpaired) electrons. The van der Waals surface area contributed by atoms with Crippen LogP contribution in [0, 0.1) is 0 Å². The molecule has 0 aliphatic rings. The Labute approximate surface area is 97.6 Å². The van der Waals surface area contributed by atoms with Crippen LogP contribution in [0.15, 0.2) is 36.4 Å². The molecule has 0 saturated heterocycles. The van der Waals surface area contributed by atoms with Crippen molar-refractivity contribution in [3.05, 3.63) is 42.0 Å². The molecule has 0 aliphatic heterocycles. The van der Waals surface area contributed by atoms with Crippen molar-refractivity contribution in [1.82, 2.24) is 0 Å². The van der Waals surface area contributed by atoms with Gasteiger partial charge in [-0.3, -0.25) is 0 Å². The molecule has 0 aliphatic carbocycles. The maximum absolute atomic E-state index is 5.60. The average molecular weight is 222 g/mol. The zero-order chi connectivity index (χ0) is 11.3. The number of hydrogen-bond acceptors (Lipinski definition) is 2. The quantitative estimate of drug-likeness (QED) is 0.590. The molecule has 1 aromatic carbocycles. The van der Waals surface area contributed by atoms with Gasteiger partial charge >= 0.3 is 0 Å². The summed E-state index contributed by atoms with van der Waals surface area (Å²) in [5.41, 5.74) is 2.29.